The molecule has 0 unspecified atom stereocenters. The molecule has 1 aliphatic rings. The predicted octanol–water partition coefficient (Wildman–Crippen LogP) is 4.61. The fraction of sp³-hybridized carbons (Fsp3) is 0.571. The molecule has 1 aliphatic carbocycles. The summed E-state index contributed by atoms with van der Waals surface area (Å²) in [5, 5.41) is 13.4. The molecule has 6 nitrogen and oxygen atoms in total. The number of nitrogens with one attached hydrogen (secondary N) is 1. The summed E-state index contributed by atoms with van der Waals surface area (Å²) in [6, 6.07) is 7.55. The molecular formula is C21H30N4O2S. The summed E-state index contributed by atoms with van der Waals surface area (Å²) < 4.78 is 7.43. The van der Waals surface area contributed by atoms with Gasteiger partial charge in [0.25, 0.3) is 5.91 Å². The molecule has 1 fully saturated rings. The van der Waals surface area contributed by atoms with E-state index in [9.17, 15) is 4.79 Å². The second-order valence-corrected chi connectivity index (χ2v) is 8.71. The molecule has 28 heavy (non-hydrogen) atoms. The van der Waals surface area contributed by atoms with E-state index < -0.39 is 0 Å². The quantitative estimate of drug-likeness (QED) is 0.653. The van der Waals surface area contributed by atoms with Gasteiger partial charge in [-0.15, -0.1) is 10.2 Å². The summed E-state index contributed by atoms with van der Waals surface area (Å²) in [5.41, 5.74) is 0.610. The normalized spacial score (nSPS) is 16.0. The van der Waals surface area contributed by atoms with Gasteiger partial charge in [-0.1, -0.05) is 44.9 Å². The Balaban J connectivity index is 1.73. The Morgan fingerprint density at radius 1 is 1.25 bits per heavy atom. The second-order valence-electron chi connectivity index (χ2n) is 7.31. The minimum Gasteiger partial charge on any atom is -0.497 e. The molecule has 1 aromatic carbocycles. The highest BCUT2D eigenvalue weighted by Gasteiger charge is 2.24. The van der Waals surface area contributed by atoms with Gasteiger partial charge in [0.1, 0.15) is 5.75 Å². The fourth-order valence-corrected chi connectivity index (χ4v) is 4.46. The zero-order chi connectivity index (χ0) is 19.9. The Labute approximate surface area is 171 Å². The van der Waals surface area contributed by atoms with Gasteiger partial charge in [-0.05, 0) is 43.5 Å². The van der Waals surface area contributed by atoms with Crippen LogP contribution in [0.4, 0.5) is 0 Å². The number of thioether (sulfide) groups is 1. The molecule has 1 saturated carbocycles. The first kappa shape index (κ1) is 20.7. The van der Waals surface area contributed by atoms with Crippen LogP contribution in [-0.2, 0) is 6.54 Å². The van der Waals surface area contributed by atoms with Crippen LogP contribution in [0, 0.1) is 0 Å². The molecule has 2 aromatic rings. The third-order valence-electron chi connectivity index (χ3n) is 5.32. The van der Waals surface area contributed by atoms with Crippen molar-refractivity contribution in [3.8, 4) is 5.75 Å². The van der Waals surface area contributed by atoms with Gasteiger partial charge in [-0.3, -0.25) is 4.79 Å². The highest BCUT2D eigenvalue weighted by atomic mass is 32.2. The number of carbonyl (C=O) groups is 1. The van der Waals surface area contributed by atoms with Crippen molar-refractivity contribution in [3.63, 3.8) is 0 Å². The van der Waals surface area contributed by atoms with Gasteiger partial charge < -0.3 is 14.6 Å². The van der Waals surface area contributed by atoms with Crippen LogP contribution in [0.2, 0.25) is 0 Å². The summed E-state index contributed by atoms with van der Waals surface area (Å²) in [4.78, 5) is 12.5. The summed E-state index contributed by atoms with van der Waals surface area (Å²) in [5.74, 6) is 1.47. The molecule has 1 atom stereocenters. The third kappa shape index (κ3) is 5.07. The maximum atomic E-state index is 12.5. The number of carbonyl (C=O) groups excluding carboxylic acids is 1. The van der Waals surface area contributed by atoms with E-state index in [0.717, 1.165) is 36.0 Å². The van der Waals surface area contributed by atoms with E-state index in [4.69, 9.17) is 4.74 Å². The molecule has 152 valence electrons. The molecule has 1 amide bonds. The van der Waals surface area contributed by atoms with E-state index in [1.807, 2.05) is 0 Å². The summed E-state index contributed by atoms with van der Waals surface area (Å²) >= 11 is 1.78. The van der Waals surface area contributed by atoms with Crippen LogP contribution in [0.5, 0.6) is 5.75 Å². The van der Waals surface area contributed by atoms with Gasteiger partial charge in [0.15, 0.2) is 11.0 Å². The lowest BCUT2D eigenvalue weighted by Gasteiger charge is -2.26. The van der Waals surface area contributed by atoms with Crippen molar-refractivity contribution in [1.82, 2.24) is 20.1 Å². The Morgan fingerprint density at radius 3 is 2.61 bits per heavy atom. The number of amides is 1. The first-order valence-electron chi connectivity index (χ1n) is 10.1. The summed E-state index contributed by atoms with van der Waals surface area (Å²) in [7, 11) is 1.61. The average molecular weight is 403 g/mol. The molecule has 1 N–H and O–H groups in total. The molecule has 0 radical (unpaired) electrons. The Bertz CT molecular complexity index is 769. The number of benzene rings is 1. The Kier molecular flexibility index (Phi) is 7.36. The standard InChI is InChI=1S/C21H30N4O2S/c1-4-15(2)28-21-24-23-19(25(21)17-8-6-5-7-9-17)14-22-20(26)16-10-12-18(27-3)13-11-16/h10-13,15,17H,4-9,14H2,1-3H3,(H,22,26)/t15-/m1/s1. The van der Waals surface area contributed by atoms with Crippen LogP contribution in [0.1, 0.15) is 74.6 Å². The number of hydrogen-bond donors (Lipinski definition) is 1. The summed E-state index contributed by atoms with van der Waals surface area (Å²) in [6.07, 6.45) is 7.20. The number of nitrogens with zero attached hydrogens (tertiary/aromatic N) is 3. The molecule has 0 saturated heterocycles. The molecular weight excluding hydrogens is 372 g/mol. The van der Waals surface area contributed by atoms with Crippen LogP contribution in [0.15, 0.2) is 29.4 Å². The van der Waals surface area contributed by atoms with E-state index in [-0.39, 0.29) is 5.91 Å². The van der Waals surface area contributed by atoms with Gasteiger partial charge in [0, 0.05) is 16.9 Å². The molecule has 0 bridgehead atoms. The van der Waals surface area contributed by atoms with Crippen molar-refractivity contribution < 1.29 is 9.53 Å². The van der Waals surface area contributed by atoms with Crippen molar-refractivity contribution in [2.75, 3.05) is 7.11 Å². The van der Waals surface area contributed by atoms with Crippen LogP contribution in [0.25, 0.3) is 0 Å². The van der Waals surface area contributed by atoms with E-state index in [0.29, 0.717) is 23.4 Å². The van der Waals surface area contributed by atoms with E-state index in [1.54, 1.807) is 43.1 Å². The average Bonchev–Trinajstić information content (AvgIpc) is 3.14. The number of ether oxygens (including phenoxy) is 1. The van der Waals surface area contributed by atoms with Gasteiger partial charge in [-0.25, -0.2) is 0 Å². The first-order valence-corrected chi connectivity index (χ1v) is 11.0. The predicted molar refractivity (Wildman–Crippen MR) is 112 cm³/mol. The zero-order valence-corrected chi connectivity index (χ0v) is 17.8. The van der Waals surface area contributed by atoms with Crippen molar-refractivity contribution >= 4 is 17.7 Å². The smallest absolute Gasteiger partial charge is 0.251 e. The SMILES string of the molecule is CC[C@@H](C)Sc1nnc(CNC(=O)c2ccc(OC)cc2)n1C1CCCCC1. The van der Waals surface area contributed by atoms with Crippen molar-refractivity contribution in [2.45, 2.75) is 75.4 Å². The lowest BCUT2D eigenvalue weighted by molar-refractivity contribution is 0.0949. The van der Waals surface area contributed by atoms with Crippen molar-refractivity contribution in [3.05, 3.63) is 35.7 Å². The maximum absolute atomic E-state index is 12.5. The molecule has 0 spiro atoms. The number of methoxy groups -OCH3 is 1. The second kappa shape index (κ2) is 9.96. The van der Waals surface area contributed by atoms with E-state index in [1.165, 1.54) is 19.3 Å². The fourth-order valence-electron chi connectivity index (χ4n) is 3.48. The Hall–Kier alpha value is -2.02. The van der Waals surface area contributed by atoms with Gasteiger partial charge in [0.05, 0.1) is 13.7 Å². The zero-order valence-electron chi connectivity index (χ0n) is 17.0. The molecule has 0 aliphatic heterocycles. The van der Waals surface area contributed by atoms with Crippen LogP contribution in [0.3, 0.4) is 0 Å². The van der Waals surface area contributed by atoms with Crippen molar-refractivity contribution in [1.29, 1.82) is 0 Å². The highest BCUT2D eigenvalue weighted by Crippen LogP contribution is 2.34. The van der Waals surface area contributed by atoms with Gasteiger partial charge >= 0.3 is 0 Å². The van der Waals surface area contributed by atoms with Gasteiger partial charge in [-0.2, -0.15) is 0 Å². The molecule has 1 aromatic heterocycles. The maximum Gasteiger partial charge on any atom is 0.251 e. The number of aromatic nitrogens is 3. The van der Waals surface area contributed by atoms with Crippen molar-refractivity contribution in [2.24, 2.45) is 0 Å². The topological polar surface area (TPSA) is 69.0 Å². The lowest BCUT2D eigenvalue weighted by Crippen LogP contribution is -2.26. The molecule has 1 heterocycles. The summed E-state index contributed by atoms with van der Waals surface area (Å²) in [6.45, 7) is 4.79. The highest BCUT2D eigenvalue weighted by molar-refractivity contribution is 7.99. The van der Waals surface area contributed by atoms with Crippen LogP contribution < -0.4 is 10.1 Å². The van der Waals surface area contributed by atoms with E-state index in [2.05, 4.69) is 33.9 Å². The van der Waals surface area contributed by atoms with Crippen LogP contribution >= 0.6 is 11.8 Å². The monoisotopic (exact) mass is 402 g/mol. The Morgan fingerprint density at radius 2 is 1.96 bits per heavy atom. The minimum absolute atomic E-state index is 0.114. The number of hydrogen-bond acceptors (Lipinski definition) is 5. The minimum atomic E-state index is -0.114. The lowest BCUT2D eigenvalue weighted by atomic mass is 9.95. The van der Waals surface area contributed by atoms with Crippen LogP contribution in [-0.4, -0.2) is 33.0 Å². The van der Waals surface area contributed by atoms with E-state index >= 15 is 0 Å². The van der Waals surface area contributed by atoms with Gasteiger partial charge in [0.2, 0.25) is 0 Å². The largest absolute Gasteiger partial charge is 0.497 e. The first-order chi connectivity index (χ1) is 13.6. The molecule has 7 heteroatoms. The third-order valence-corrected chi connectivity index (χ3v) is 6.54. The molecule has 3 rings (SSSR count). The number of rotatable bonds is 8.